The van der Waals surface area contributed by atoms with Crippen LogP contribution < -0.4 is 10.6 Å². The Bertz CT molecular complexity index is 830. The zero-order valence-electron chi connectivity index (χ0n) is 17.7. The van der Waals surface area contributed by atoms with Gasteiger partial charge in [0.1, 0.15) is 6.61 Å². The van der Waals surface area contributed by atoms with Crippen molar-refractivity contribution in [2.75, 3.05) is 32.2 Å². The van der Waals surface area contributed by atoms with Crippen LogP contribution in [-0.2, 0) is 19.1 Å². The van der Waals surface area contributed by atoms with Crippen molar-refractivity contribution in [3.63, 3.8) is 0 Å². The quantitative estimate of drug-likeness (QED) is 0.477. The van der Waals surface area contributed by atoms with E-state index in [2.05, 4.69) is 10.6 Å². The van der Waals surface area contributed by atoms with Crippen molar-refractivity contribution in [1.82, 2.24) is 10.2 Å². The van der Waals surface area contributed by atoms with Gasteiger partial charge in [0, 0.05) is 31.0 Å². The number of nitrogens with zero attached hydrogens (tertiary/aromatic N) is 1. The topological polar surface area (TPSA) is 97.0 Å². The number of ether oxygens (including phenoxy) is 2. The first-order valence-electron chi connectivity index (χ1n) is 10.3. The van der Waals surface area contributed by atoms with Gasteiger partial charge in [0.15, 0.2) is 0 Å². The second kappa shape index (κ2) is 9.75. The fourth-order valence-electron chi connectivity index (χ4n) is 3.43. The molecule has 2 N–H and O–H groups in total. The molecule has 1 aliphatic carbocycles. The maximum Gasteiger partial charge on any atom is 0.338 e. The summed E-state index contributed by atoms with van der Waals surface area (Å²) in [6, 6.07) is 6.29. The lowest BCUT2D eigenvalue weighted by Gasteiger charge is -2.35. The third kappa shape index (κ3) is 4.99. The number of methoxy groups -OCH3 is 1. The summed E-state index contributed by atoms with van der Waals surface area (Å²) < 4.78 is 10.3. The van der Waals surface area contributed by atoms with Gasteiger partial charge in [0.25, 0.3) is 0 Å². The van der Waals surface area contributed by atoms with Crippen LogP contribution in [0.4, 0.5) is 10.5 Å². The van der Waals surface area contributed by atoms with Gasteiger partial charge in [-0.1, -0.05) is 19.1 Å². The molecule has 8 nitrogen and oxygen atoms in total. The lowest BCUT2D eigenvalue weighted by Crippen LogP contribution is -2.48. The number of amides is 3. The van der Waals surface area contributed by atoms with Crippen molar-refractivity contribution in [2.45, 2.75) is 39.2 Å². The van der Waals surface area contributed by atoms with Gasteiger partial charge < -0.3 is 20.1 Å². The van der Waals surface area contributed by atoms with Gasteiger partial charge in [-0.25, -0.2) is 9.59 Å². The largest absolute Gasteiger partial charge is 0.460 e. The Labute approximate surface area is 176 Å². The van der Waals surface area contributed by atoms with Crippen LogP contribution in [-0.4, -0.2) is 49.7 Å². The molecule has 0 saturated heterocycles. The molecule has 30 heavy (non-hydrogen) atoms. The van der Waals surface area contributed by atoms with E-state index in [0.717, 1.165) is 24.8 Å². The molecule has 8 heteroatoms. The number of hydrogen-bond donors (Lipinski definition) is 2. The molecule has 0 spiro atoms. The number of rotatable bonds is 9. The van der Waals surface area contributed by atoms with E-state index >= 15 is 0 Å². The standard InChI is InChI=1S/C22H29N3O5/c1-4-11-25-14(2)18(21(27)30-13-12-29-3)19(24-22(25)28)15-7-9-17(10-8-15)23-20(26)16-5-6-16/h7-10,16,19H,4-6,11-13H2,1-3H3,(H,23,26)(H,24,28). The molecule has 2 aliphatic rings. The predicted octanol–water partition coefficient (Wildman–Crippen LogP) is 2.98. The molecule has 1 unspecified atom stereocenters. The number of urea groups is 1. The van der Waals surface area contributed by atoms with Gasteiger partial charge >= 0.3 is 12.0 Å². The number of allylic oxidation sites excluding steroid dienone is 1. The molecule has 162 valence electrons. The molecule has 1 saturated carbocycles. The minimum atomic E-state index is -0.631. The summed E-state index contributed by atoms with van der Waals surface area (Å²) in [5.74, 6) is -0.338. The fraction of sp³-hybridized carbons (Fsp3) is 0.500. The minimum Gasteiger partial charge on any atom is -0.460 e. The smallest absolute Gasteiger partial charge is 0.338 e. The molecule has 1 aromatic rings. The number of carbonyl (C=O) groups excluding carboxylic acids is 3. The zero-order valence-corrected chi connectivity index (χ0v) is 17.7. The zero-order chi connectivity index (χ0) is 21.7. The SMILES string of the molecule is CCCN1C(=O)NC(c2ccc(NC(=O)C3CC3)cc2)C(C(=O)OCCOC)=C1C. The van der Waals surface area contributed by atoms with Gasteiger partial charge in [-0.3, -0.25) is 9.69 Å². The van der Waals surface area contributed by atoms with Gasteiger partial charge in [0.2, 0.25) is 5.91 Å². The van der Waals surface area contributed by atoms with Crippen LogP contribution in [0.15, 0.2) is 35.5 Å². The molecule has 1 heterocycles. The van der Waals surface area contributed by atoms with Crippen molar-refractivity contribution in [2.24, 2.45) is 5.92 Å². The van der Waals surface area contributed by atoms with E-state index in [4.69, 9.17) is 9.47 Å². The van der Waals surface area contributed by atoms with Crippen LogP contribution in [0.1, 0.15) is 44.7 Å². The average Bonchev–Trinajstić information content (AvgIpc) is 3.57. The number of hydrogen-bond acceptors (Lipinski definition) is 5. The average molecular weight is 415 g/mol. The monoisotopic (exact) mass is 415 g/mol. The lowest BCUT2D eigenvalue weighted by atomic mass is 9.94. The second-order valence-electron chi connectivity index (χ2n) is 7.55. The van der Waals surface area contributed by atoms with E-state index in [1.165, 1.54) is 7.11 Å². The Morgan fingerprint density at radius 2 is 1.90 bits per heavy atom. The first-order chi connectivity index (χ1) is 14.5. The van der Waals surface area contributed by atoms with Crippen molar-refractivity contribution in [1.29, 1.82) is 0 Å². The third-order valence-corrected chi connectivity index (χ3v) is 5.24. The summed E-state index contributed by atoms with van der Waals surface area (Å²) in [7, 11) is 1.54. The maximum absolute atomic E-state index is 12.8. The molecule has 1 atom stereocenters. The highest BCUT2D eigenvalue weighted by atomic mass is 16.6. The van der Waals surface area contributed by atoms with Crippen LogP contribution in [0, 0.1) is 5.92 Å². The summed E-state index contributed by atoms with van der Waals surface area (Å²) in [5.41, 5.74) is 2.41. The molecule has 1 aromatic carbocycles. The van der Waals surface area contributed by atoms with Gasteiger partial charge in [-0.2, -0.15) is 0 Å². The highest BCUT2D eigenvalue weighted by molar-refractivity contribution is 5.95. The minimum absolute atomic E-state index is 0.0297. The molecule has 3 amide bonds. The second-order valence-corrected chi connectivity index (χ2v) is 7.55. The summed E-state index contributed by atoms with van der Waals surface area (Å²) in [4.78, 5) is 39.0. The molecule has 1 fully saturated rings. The van der Waals surface area contributed by atoms with E-state index in [1.807, 2.05) is 6.92 Å². The lowest BCUT2D eigenvalue weighted by molar-refractivity contribution is -0.141. The molecular formula is C22H29N3O5. The Hall–Kier alpha value is -2.87. The van der Waals surface area contributed by atoms with Crippen LogP contribution in [0.3, 0.4) is 0 Å². The van der Waals surface area contributed by atoms with Crippen LogP contribution in [0.5, 0.6) is 0 Å². The van der Waals surface area contributed by atoms with E-state index < -0.39 is 12.0 Å². The molecule has 3 rings (SSSR count). The first kappa shape index (κ1) is 21.8. The van der Waals surface area contributed by atoms with E-state index in [-0.39, 0.29) is 24.5 Å². The molecular weight excluding hydrogens is 386 g/mol. The first-order valence-corrected chi connectivity index (χ1v) is 10.3. The number of anilines is 1. The van der Waals surface area contributed by atoms with E-state index in [0.29, 0.717) is 30.1 Å². The van der Waals surface area contributed by atoms with Crippen molar-refractivity contribution >= 4 is 23.6 Å². The number of nitrogens with one attached hydrogen (secondary N) is 2. The molecule has 1 aliphatic heterocycles. The number of benzene rings is 1. The van der Waals surface area contributed by atoms with Gasteiger partial charge in [-0.05, 0) is 43.9 Å². The Morgan fingerprint density at radius 1 is 1.20 bits per heavy atom. The van der Waals surface area contributed by atoms with Gasteiger partial charge in [0.05, 0.1) is 18.2 Å². The third-order valence-electron chi connectivity index (χ3n) is 5.24. The Kier molecular flexibility index (Phi) is 7.10. The highest BCUT2D eigenvalue weighted by Crippen LogP contribution is 2.33. The van der Waals surface area contributed by atoms with Crippen LogP contribution in [0.25, 0.3) is 0 Å². The van der Waals surface area contributed by atoms with E-state index in [9.17, 15) is 14.4 Å². The number of esters is 1. The Morgan fingerprint density at radius 3 is 2.50 bits per heavy atom. The van der Waals surface area contributed by atoms with Gasteiger partial charge in [-0.15, -0.1) is 0 Å². The van der Waals surface area contributed by atoms with Crippen LogP contribution >= 0.6 is 0 Å². The van der Waals surface area contributed by atoms with E-state index in [1.54, 1.807) is 36.1 Å². The summed E-state index contributed by atoms with van der Waals surface area (Å²) in [5, 5.41) is 5.81. The highest BCUT2D eigenvalue weighted by Gasteiger charge is 2.36. The van der Waals surface area contributed by atoms with Crippen molar-refractivity contribution in [3.8, 4) is 0 Å². The molecule has 0 aromatic heterocycles. The molecule has 0 bridgehead atoms. The summed E-state index contributed by atoms with van der Waals surface area (Å²) >= 11 is 0. The predicted molar refractivity (Wildman–Crippen MR) is 112 cm³/mol. The number of carbonyl (C=O) groups is 3. The maximum atomic E-state index is 12.8. The Balaban J connectivity index is 1.85. The normalized spacial score (nSPS) is 18.8. The van der Waals surface area contributed by atoms with Crippen LogP contribution in [0.2, 0.25) is 0 Å². The molecule has 0 radical (unpaired) electrons. The summed E-state index contributed by atoms with van der Waals surface area (Å²) in [6.45, 7) is 4.66. The fourth-order valence-corrected chi connectivity index (χ4v) is 3.43. The summed E-state index contributed by atoms with van der Waals surface area (Å²) in [6.07, 6.45) is 2.63. The van der Waals surface area contributed by atoms with Crippen molar-refractivity contribution < 1.29 is 23.9 Å². The van der Waals surface area contributed by atoms with Crippen molar-refractivity contribution in [3.05, 3.63) is 41.1 Å².